The minimum Gasteiger partial charge on any atom is -0.396 e. The van der Waals surface area contributed by atoms with Gasteiger partial charge < -0.3 is 16.8 Å². The molecule has 5 N–H and O–H groups in total. The molecule has 2 heterocycles. The van der Waals surface area contributed by atoms with E-state index in [1.165, 1.54) is 6.07 Å². The van der Waals surface area contributed by atoms with Gasteiger partial charge in [0, 0.05) is 11.6 Å². The topological polar surface area (TPSA) is 107 Å². The summed E-state index contributed by atoms with van der Waals surface area (Å²) in [6.45, 7) is 0. The Balaban J connectivity index is 2.06. The van der Waals surface area contributed by atoms with Crippen LogP contribution in [-0.2, 0) is 0 Å². The molecule has 0 spiro atoms. The Bertz CT molecular complexity index is 826. The molecule has 0 fully saturated rings. The molecule has 0 aliphatic rings. The average molecular weight is 279 g/mol. The van der Waals surface area contributed by atoms with E-state index in [4.69, 9.17) is 11.5 Å². The highest BCUT2D eigenvalue weighted by Gasteiger charge is 2.09. The van der Waals surface area contributed by atoms with Gasteiger partial charge in [-0.1, -0.05) is 18.2 Å². The van der Waals surface area contributed by atoms with Crippen molar-refractivity contribution in [2.24, 2.45) is 5.73 Å². The van der Waals surface area contributed by atoms with Crippen molar-refractivity contribution in [3.63, 3.8) is 0 Å². The number of carbonyl (C=O) groups is 1. The number of nitrogens with two attached hydrogens (primary N) is 2. The number of rotatable bonds is 3. The van der Waals surface area contributed by atoms with Gasteiger partial charge in [-0.05, 0) is 24.3 Å². The van der Waals surface area contributed by atoms with E-state index in [9.17, 15) is 4.79 Å². The van der Waals surface area contributed by atoms with Gasteiger partial charge >= 0.3 is 0 Å². The largest absolute Gasteiger partial charge is 0.396 e. The van der Waals surface area contributed by atoms with E-state index >= 15 is 0 Å². The molecule has 0 aliphatic carbocycles. The number of amides is 1. The second-order valence-corrected chi connectivity index (χ2v) is 4.50. The lowest BCUT2D eigenvalue weighted by Crippen LogP contribution is -2.14. The predicted molar refractivity (Wildman–Crippen MR) is 82.2 cm³/mol. The number of para-hydroxylation sites is 1. The zero-order chi connectivity index (χ0) is 14.8. The molecule has 1 amide bonds. The smallest absolute Gasteiger partial charge is 0.267 e. The summed E-state index contributed by atoms with van der Waals surface area (Å²) in [7, 11) is 0. The summed E-state index contributed by atoms with van der Waals surface area (Å²) in [5, 5.41) is 4.10. The summed E-state index contributed by atoms with van der Waals surface area (Å²) in [5.41, 5.74) is 13.3. The fourth-order valence-electron chi connectivity index (χ4n) is 2.04. The molecule has 0 saturated carbocycles. The Hall–Kier alpha value is -3.15. The van der Waals surface area contributed by atoms with Crippen molar-refractivity contribution in [3.8, 4) is 0 Å². The number of nitrogens with zero attached hydrogens (tertiary/aromatic N) is 2. The van der Waals surface area contributed by atoms with Gasteiger partial charge in [-0.3, -0.25) is 9.78 Å². The van der Waals surface area contributed by atoms with E-state index in [0.717, 1.165) is 16.6 Å². The number of benzene rings is 1. The van der Waals surface area contributed by atoms with Crippen LogP contribution in [0.2, 0.25) is 0 Å². The average Bonchev–Trinajstić information content (AvgIpc) is 2.49. The molecular formula is C15H13N5O. The minimum absolute atomic E-state index is 0.153. The van der Waals surface area contributed by atoms with Crippen molar-refractivity contribution in [3.05, 3.63) is 54.4 Å². The maximum atomic E-state index is 11.2. The molecule has 21 heavy (non-hydrogen) atoms. The van der Waals surface area contributed by atoms with Gasteiger partial charge in [0.25, 0.3) is 5.91 Å². The molecule has 0 aliphatic heterocycles. The van der Waals surface area contributed by atoms with E-state index < -0.39 is 5.91 Å². The molecule has 6 heteroatoms. The first-order chi connectivity index (χ1) is 10.1. The van der Waals surface area contributed by atoms with Crippen LogP contribution in [0.5, 0.6) is 0 Å². The number of hydrogen-bond donors (Lipinski definition) is 3. The second kappa shape index (κ2) is 5.09. The maximum absolute atomic E-state index is 11.2. The van der Waals surface area contributed by atoms with Gasteiger partial charge in [0.2, 0.25) is 0 Å². The van der Waals surface area contributed by atoms with Crippen LogP contribution in [0, 0.1) is 0 Å². The van der Waals surface area contributed by atoms with Gasteiger partial charge in [0.15, 0.2) is 5.82 Å². The summed E-state index contributed by atoms with van der Waals surface area (Å²) in [5.74, 6) is -0.224. The Labute approximate surface area is 120 Å². The molecule has 0 bridgehead atoms. The summed E-state index contributed by atoms with van der Waals surface area (Å²) in [4.78, 5) is 19.7. The molecule has 1 aromatic carbocycles. The molecule has 2 aromatic heterocycles. The van der Waals surface area contributed by atoms with E-state index in [1.807, 2.05) is 30.3 Å². The molecule has 0 saturated heterocycles. The van der Waals surface area contributed by atoms with Gasteiger partial charge in [-0.15, -0.1) is 0 Å². The van der Waals surface area contributed by atoms with E-state index in [0.29, 0.717) is 11.5 Å². The van der Waals surface area contributed by atoms with Crippen molar-refractivity contribution >= 4 is 34.0 Å². The lowest BCUT2D eigenvalue weighted by atomic mass is 10.2. The van der Waals surface area contributed by atoms with E-state index in [1.54, 1.807) is 12.3 Å². The van der Waals surface area contributed by atoms with Crippen LogP contribution in [0.1, 0.15) is 10.5 Å². The summed E-state index contributed by atoms with van der Waals surface area (Å²) in [6, 6.07) is 12.6. The van der Waals surface area contributed by atoms with Crippen LogP contribution >= 0.6 is 0 Å². The quantitative estimate of drug-likeness (QED) is 0.680. The third-order valence-electron chi connectivity index (χ3n) is 3.06. The van der Waals surface area contributed by atoms with Crippen molar-refractivity contribution in [2.45, 2.75) is 0 Å². The van der Waals surface area contributed by atoms with Crippen molar-refractivity contribution in [2.75, 3.05) is 11.1 Å². The van der Waals surface area contributed by atoms with Crippen molar-refractivity contribution in [1.82, 2.24) is 9.97 Å². The third-order valence-corrected chi connectivity index (χ3v) is 3.06. The SMILES string of the molecule is NC(=O)c1ccc(N)c(Nc2cccc3cccnc23)n1. The Morgan fingerprint density at radius 3 is 2.71 bits per heavy atom. The number of primary amides is 1. The van der Waals surface area contributed by atoms with Crippen LogP contribution in [0.15, 0.2) is 48.7 Å². The molecule has 3 aromatic rings. The normalized spacial score (nSPS) is 10.5. The van der Waals surface area contributed by atoms with Crippen molar-refractivity contribution in [1.29, 1.82) is 0 Å². The highest BCUT2D eigenvalue weighted by molar-refractivity contribution is 5.94. The second-order valence-electron chi connectivity index (χ2n) is 4.50. The number of fused-ring (bicyclic) bond motifs is 1. The number of nitrogen functional groups attached to an aromatic ring is 1. The maximum Gasteiger partial charge on any atom is 0.267 e. The van der Waals surface area contributed by atoms with E-state index in [-0.39, 0.29) is 5.69 Å². The number of nitrogens with one attached hydrogen (secondary N) is 1. The monoisotopic (exact) mass is 279 g/mol. The van der Waals surface area contributed by atoms with Crippen LogP contribution in [0.4, 0.5) is 17.2 Å². The minimum atomic E-state index is -0.603. The molecule has 104 valence electrons. The van der Waals surface area contributed by atoms with Gasteiger partial charge in [-0.25, -0.2) is 4.98 Å². The molecule has 0 unspecified atom stereocenters. The van der Waals surface area contributed by atoms with Gasteiger partial charge in [0.1, 0.15) is 5.69 Å². The molecular weight excluding hydrogens is 266 g/mol. The van der Waals surface area contributed by atoms with Crippen LogP contribution in [-0.4, -0.2) is 15.9 Å². The van der Waals surface area contributed by atoms with Gasteiger partial charge in [0.05, 0.1) is 16.9 Å². The molecule has 0 atom stereocenters. The Morgan fingerprint density at radius 1 is 1.10 bits per heavy atom. The van der Waals surface area contributed by atoms with Crippen LogP contribution < -0.4 is 16.8 Å². The number of anilines is 3. The van der Waals surface area contributed by atoms with E-state index in [2.05, 4.69) is 15.3 Å². The zero-order valence-electron chi connectivity index (χ0n) is 11.1. The Morgan fingerprint density at radius 2 is 1.90 bits per heavy atom. The first-order valence-electron chi connectivity index (χ1n) is 6.32. The molecule has 3 rings (SSSR count). The van der Waals surface area contributed by atoms with Crippen molar-refractivity contribution < 1.29 is 4.79 Å². The summed E-state index contributed by atoms with van der Waals surface area (Å²) < 4.78 is 0. The van der Waals surface area contributed by atoms with Crippen LogP contribution in [0.25, 0.3) is 10.9 Å². The predicted octanol–water partition coefficient (Wildman–Crippen LogP) is 2.05. The number of carbonyl (C=O) groups excluding carboxylic acids is 1. The fraction of sp³-hybridized carbons (Fsp3) is 0. The first kappa shape index (κ1) is 12.9. The summed E-state index contributed by atoms with van der Waals surface area (Å²) >= 11 is 0. The highest BCUT2D eigenvalue weighted by Crippen LogP contribution is 2.26. The molecule has 0 radical (unpaired) electrons. The zero-order valence-corrected chi connectivity index (χ0v) is 11.1. The van der Waals surface area contributed by atoms with Crippen LogP contribution in [0.3, 0.4) is 0 Å². The lowest BCUT2D eigenvalue weighted by Gasteiger charge is -2.11. The lowest BCUT2D eigenvalue weighted by molar-refractivity contribution is 0.0996. The Kier molecular flexibility index (Phi) is 3.12. The fourth-order valence-corrected chi connectivity index (χ4v) is 2.04. The highest BCUT2D eigenvalue weighted by atomic mass is 16.1. The number of aromatic nitrogens is 2. The first-order valence-corrected chi connectivity index (χ1v) is 6.32. The standard InChI is InChI=1S/C15H13N5O/c16-10-6-7-12(14(17)21)20-15(10)19-11-5-1-3-9-4-2-8-18-13(9)11/h1-8H,16H2,(H2,17,21)(H,19,20). The number of pyridine rings is 2. The van der Waals surface area contributed by atoms with Gasteiger partial charge in [-0.2, -0.15) is 0 Å². The molecule has 6 nitrogen and oxygen atoms in total. The number of hydrogen-bond acceptors (Lipinski definition) is 5. The third kappa shape index (κ3) is 2.46. The summed E-state index contributed by atoms with van der Waals surface area (Å²) in [6.07, 6.45) is 1.71.